The van der Waals surface area contributed by atoms with Crippen molar-refractivity contribution in [3.05, 3.63) is 28.8 Å². The quantitative estimate of drug-likeness (QED) is 0.844. The number of Topliss-reactive ketones (excluding diaryl/α,β-unsaturated/α-hetero) is 1. The van der Waals surface area contributed by atoms with Crippen molar-refractivity contribution in [2.75, 3.05) is 6.26 Å². The summed E-state index contributed by atoms with van der Waals surface area (Å²) in [6.45, 7) is 0. The topological polar surface area (TPSA) is 54.4 Å². The Bertz CT molecular complexity index is 507. The first-order chi connectivity index (χ1) is 9.01. The third-order valence-electron chi connectivity index (χ3n) is 3.48. The lowest BCUT2D eigenvalue weighted by atomic mass is 9.76. The molecule has 1 atom stereocenters. The third-order valence-corrected chi connectivity index (χ3v) is 4.70. The summed E-state index contributed by atoms with van der Waals surface area (Å²) < 4.78 is 0. The number of benzene rings is 1. The summed E-state index contributed by atoms with van der Waals surface area (Å²) in [7, 11) is 0. The van der Waals surface area contributed by atoms with Crippen molar-refractivity contribution in [3.8, 4) is 0 Å². The van der Waals surface area contributed by atoms with Crippen LogP contribution < -0.4 is 0 Å². The molecule has 1 aliphatic rings. The van der Waals surface area contributed by atoms with Crippen molar-refractivity contribution in [1.29, 1.82) is 0 Å². The highest BCUT2D eigenvalue weighted by atomic mass is 35.5. The minimum Gasteiger partial charge on any atom is -0.481 e. The number of hydrogen-bond acceptors (Lipinski definition) is 3. The molecule has 1 N–H and O–H groups in total. The molecule has 3 nitrogen and oxygen atoms in total. The summed E-state index contributed by atoms with van der Waals surface area (Å²) in [5, 5.41) is 9.93. The van der Waals surface area contributed by atoms with Gasteiger partial charge in [-0.1, -0.05) is 17.7 Å². The van der Waals surface area contributed by atoms with Crippen LogP contribution in [0.2, 0.25) is 5.02 Å². The number of carbonyl (C=O) groups excluding carboxylic acids is 1. The van der Waals surface area contributed by atoms with Crippen LogP contribution in [0.1, 0.15) is 30.7 Å². The Kier molecular flexibility index (Phi) is 4.53. The van der Waals surface area contributed by atoms with E-state index in [0.717, 1.165) is 10.5 Å². The van der Waals surface area contributed by atoms with Gasteiger partial charge in [-0.2, -0.15) is 0 Å². The first kappa shape index (κ1) is 14.4. The van der Waals surface area contributed by atoms with Gasteiger partial charge in [0.05, 0.1) is 10.9 Å². The Morgan fingerprint density at radius 2 is 2.21 bits per heavy atom. The highest BCUT2D eigenvalue weighted by Gasteiger charge is 2.32. The third kappa shape index (κ3) is 3.31. The molecular weight excluding hydrogens is 284 g/mol. The molecule has 1 fully saturated rings. The van der Waals surface area contributed by atoms with Gasteiger partial charge in [0, 0.05) is 17.7 Å². The van der Waals surface area contributed by atoms with E-state index in [1.807, 2.05) is 18.4 Å². The molecule has 1 saturated carbocycles. The molecule has 1 aliphatic carbocycles. The molecule has 1 aromatic rings. The monoisotopic (exact) mass is 298 g/mol. The number of ketones is 1. The summed E-state index contributed by atoms with van der Waals surface area (Å²) in [5.41, 5.74) is 0.717. The van der Waals surface area contributed by atoms with Crippen LogP contribution in [0.25, 0.3) is 0 Å². The zero-order valence-corrected chi connectivity index (χ0v) is 12.1. The van der Waals surface area contributed by atoms with E-state index in [0.29, 0.717) is 24.3 Å². The second-order valence-corrected chi connectivity index (χ2v) is 6.09. The Hall–Kier alpha value is -1.00. The van der Waals surface area contributed by atoms with Crippen molar-refractivity contribution >= 4 is 35.1 Å². The summed E-state index contributed by atoms with van der Waals surface area (Å²) in [6.07, 6.45) is 3.46. The minimum absolute atomic E-state index is 0.201. The number of carboxylic acids is 1. The van der Waals surface area contributed by atoms with Crippen molar-refractivity contribution < 1.29 is 14.7 Å². The number of thioether (sulfide) groups is 1. The second kappa shape index (κ2) is 5.97. The van der Waals surface area contributed by atoms with Gasteiger partial charge < -0.3 is 5.11 Å². The molecule has 1 aromatic carbocycles. The minimum atomic E-state index is -0.854. The molecule has 5 heteroatoms. The molecule has 1 unspecified atom stereocenters. The van der Waals surface area contributed by atoms with Crippen molar-refractivity contribution in [2.45, 2.75) is 30.1 Å². The molecule has 102 valence electrons. The lowest BCUT2D eigenvalue weighted by Crippen LogP contribution is -2.27. The maximum Gasteiger partial charge on any atom is 0.310 e. The molecule has 2 rings (SSSR count). The van der Waals surface area contributed by atoms with Crippen LogP contribution in [-0.2, 0) is 9.59 Å². The first-order valence-electron chi connectivity index (χ1n) is 6.09. The molecule has 0 amide bonds. The highest BCUT2D eigenvalue weighted by Crippen LogP contribution is 2.36. The summed E-state index contributed by atoms with van der Waals surface area (Å²) in [5.74, 6) is -1.00. The molecule has 0 spiro atoms. The van der Waals surface area contributed by atoms with E-state index in [2.05, 4.69) is 0 Å². The average molecular weight is 299 g/mol. The van der Waals surface area contributed by atoms with Crippen LogP contribution in [0.3, 0.4) is 0 Å². The van der Waals surface area contributed by atoms with Gasteiger partial charge >= 0.3 is 5.97 Å². The van der Waals surface area contributed by atoms with Gasteiger partial charge in [-0.3, -0.25) is 9.59 Å². The lowest BCUT2D eigenvalue weighted by Gasteiger charge is -2.27. The molecule has 0 bridgehead atoms. The molecule has 0 radical (unpaired) electrons. The van der Waals surface area contributed by atoms with Gasteiger partial charge in [0.2, 0.25) is 0 Å². The number of halogens is 1. The van der Waals surface area contributed by atoms with Crippen LogP contribution in [-0.4, -0.2) is 23.1 Å². The van der Waals surface area contributed by atoms with Crippen molar-refractivity contribution in [1.82, 2.24) is 0 Å². The SMILES string of the molecule is CSc1ccc(C(CC2CC(=O)C2)C(=O)O)cc1Cl. The van der Waals surface area contributed by atoms with E-state index in [1.165, 1.54) is 11.8 Å². The molecule has 0 saturated heterocycles. The van der Waals surface area contributed by atoms with E-state index >= 15 is 0 Å². The maximum absolute atomic E-state index is 11.4. The number of carboxylic acid groups (broad SMARTS) is 1. The molecular formula is C14H15ClO3S. The Morgan fingerprint density at radius 1 is 1.53 bits per heavy atom. The smallest absolute Gasteiger partial charge is 0.310 e. The Morgan fingerprint density at radius 3 is 2.68 bits per heavy atom. The van der Waals surface area contributed by atoms with E-state index < -0.39 is 11.9 Å². The van der Waals surface area contributed by atoms with Gasteiger partial charge in [-0.25, -0.2) is 0 Å². The normalized spacial score (nSPS) is 17.1. The van der Waals surface area contributed by atoms with E-state index in [9.17, 15) is 14.7 Å². The maximum atomic E-state index is 11.4. The summed E-state index contributed by atoms with van der Waals surface area (Å²) >= 11 is 7.65. The first-order valence-corrected chi connectivity index (χ1v) is 7.69. The van der Waals surface area contributed by atoms with E-state index in [4.69, 9.17) is 11.6 Å². The predicted octanol–water partition coefficient (Wildman–Crippen LogP) is 3.60. The van der Waals surface area contributed by atoms with Crippen LogP contribution in [0.15, 0.2) is 23.1 Å². The molecule has 0 aromatic heterocycles. The van der Waals surface area contributed by atoms with Gasteiger partial charge in [0.25, 0.3) is 0 Å². The average Bonchev–Trinajstić information content (AvgIpc) is 2.32. The van der Waals surface area contributed by atoms with Crippen LogP contribution >= 0.6 is 23.4 Å². The fraction of sp³-hybridized carbons (Fsp3) is 0.429. The largest absolute Gasteiger partial charge is 0.481 e. The number of aliphatic carboxylic acids is 1. The number of carbonyl (C=O) groups is 2. The molecule has 0 heterocycles. The molecule has 19 heavy (non-hydrogen) atoms. The Balaban J connectivity index is 2.16. The second-order valence-electron chi connectivity index (χ2n) is 4.83. The fourth-order valence-electron chi connectivity index (χ4n) is 2.36. The fourth-order valence-corrected chi connectivity index (χ4v) is 3.24. The van der Waals surface area contributed by atoms with Gasteiger partial charge in [-0.05, 0) is 36.3 Å². The van der Waals surface area contributed by atoms with E-state index in [1.54, 1.807) is 6.07 Å². The van der Waals surface area contributed by atoms with Gasteiger partial charge in [0.15, 0.2) is 0 Å². The standard InChI is InChI=1S/C14H15ClO3S/c1-19-13-3-2-9(7-12(13)15)11(14(17)18)6-8-4-10(16)5-8/h2-3,7-8,11H,4-6H2,1H3,(H,17,18). The van der Waals surface area contributed by atoms with Crippen molar-refractivity contribution in [3.63, 3.8) is 0 Å². The van der Waals surface area contributed by atoms with Gasteiger partial charge in [-0.15, -0.1) is 11.8 Å². The van der Waals surface area contributed by atoms with Crippen LogP contribution in [0, 0.1) is 5.92 Å². The lowest BCUT2D eigenvalue weighted by molar-refractivity contribution is -0.140. The number of hydrogen-bond donors (Lipinski definition) is 1. The number of rotatable bonds is 5. The Labute approximate surface area is 121 Å². The molecule has 0 aliphatic heterocycles. The predicted molar refractivity (Wildman–Crippen MR) is 76.0 cm³/mol. The highest BCUT2D eigenvalue weighted by molar-refractivity contribution is 7.98. The summed E-state index contributed by atoms with van der Waals surface area (Å²) in [4.78, 5) is 23.3. The van der Waals surface area contributed by atoms with Crippen LogP contribution in [0.4, 0.5) is 0 Å². The summed E-state index contributed by atoms with van der Waals surface area (Å²) in [6, 6.07) is 5.40. The van der Waals surface area contributed by atoms with E-state index in [-0.39, 0.29) is 11.7 Å². The van der Waals surface area contributed by atoms with Gasteiger partial charge in [0.1, 0.15) is 5.78 Å². The zero-order chi connectivity index (χ0) is 14.0. The van der Waals surface area contributed by atoms with Crippen LogP contribution in [0.5, 0.6) is 0 Å². The zero-order valence-electron chi connectivity index (χ0n) is 10.6. The van der Waals surface area contributed by atoms with Crippen molar-refractivity contribution in [2.24, 2.45) is 5.92 Å².